The van der Waals surface area contributed by atoms with Gasteiger partial charge >= 0.3 is 17.6 Å². The molecule has 0 aliphatic carbocycles. The second-order valence-corrected chi connectivity index (χ2v) is 8.42. The van der Waals surface area contributed by atoms with E-state index in [9.17, 15) is 14.4 Å². The van der Waals surface area contributed by atoms with Crippen molar-refractivity contribution in [3.05, 3.63) is 50.5 Å². The highest BCUT2D eigenvalue weighted by atomic mass is 35.5. The summed E-state index contributed by atoms with van der Waals surface area (Å²) in [7, 11) is 0. The first kappa shape index (κ1) is 24.0. The SMILES string of the molecule is CCC(=O)O[C@H]1C[C@@H](OC(C)=O)[C@H](n2c(=O)n(Cc3ccc(Cl)c(Cl)c3)c3cnc(N)nc32)O1. The van der Waals surface area contributed by atoms with Crippen molar-refractivity contribution in [1.29, 1.82) is 0 Å². The number of esters is 2. The Labute approximate surface area is 203 Å². The van der Waals surface area contributed by atoms with Crippen molar-refractivity contribution >= 4 is 52.3 Å². The molecule has 2 aromatic heterocycles. The molecule has 0 unspecified atom stereocenters. The Bertz CT molecular complexity index is 1320. The number of aromatic nitrogens is 4. The van der Waals surface area contributed by atoms with Crippen LogP contribution in [0, 0.1) is 0 Å². The molecule has 180 valence electrons. The fourth-order valence-corrected chi connectivity index (χ4v) is 4.05. The van der Waals surface area contributed by atoms with Crippen molar-refractivity contribution in [2.24, 2.45) is 0 Å². The van der Waals surface area contributed by atoms with Gasteiger partial charge in [0.05, 0.1) is 29.2 Å². The Morgan fingerprint density at radius 3 is 2.71 bits per heavy atom. The van der Waals surface area contributed by atoms with E-state index in [1.165, 1.54) is 22.3 Å². The molecule has 13 heteroatoms. The lowest BCUT2D eigenvalue weighted by Crippen LogP contribution is -2.34. The summed E-state index contributed by atoms with van der Waals surface area (Å²) in [6.07, 6.45) is -1.45. The molecule has 0 radical (unpaired) electrons. The van der Waals surface area contributed by atoms with Gasteiger partial charge in [0.1, 0.15) is 5.52 Å². The zero-order valence-corrected chi connectivity index (χ0v) is 19.7. The number of fused-ring (bicyclic) bond motifs is 1. The van der Waals surface area contributed by atoms with E-state index in [0.717, 1.165) is 0 Å². The van der Waals surface area contributed by atoms with Crippen LogP contribution in [0.25, 0.3) is 11.2 Å². The number of imidazole rings is 1. The molecule has 1 aromatic carbocycles. The van der Waals surface area contributed by atoms with E-state index in [1.54, 1.807) is 25.1 Å². The van der Waals surface area contributed by atoms with Crippen LogP contribution in [0.5, 0.6) is 0 Å². The van der Waals surface area contributed by atoms with E-state index < -0.39 is 36.3 Å². The van der Waals surface area contributed by atoms with Crippen LogP contribution < -0.4 is 11.4 Å². The van der Waals surface area contributed by atoms with Crippen molar-refractivity contribution in [3.8, 4) is 0 Å². The summed E-state index contributed by atoms with van der Waals surface area (Å²) >= 11 is 12.1. The first-order chi connectivity index (χ1) is 16.2. The van der Waals surface area contributed by atoms with Gasteiger partial charge in [-0.2, -0.15) is 4.98 Å². The zero-order valence-electron chi connectivity index (χ0n) is 18.2. The lowest BCUT2D eigenvalue weighted by atomic mass is 10.2. The maximum absolute atomic E-state index is 13.6. The van der Waals surface area contributed by atoms with Gasteiger partial charge in [-0.1, -0.05) is 36.2 Å². The smallest absolute Gasteiger partial charge is 0.332 e. The molecule has 1 saturated heterocycles. The molecule has 11 nitrogen and oxygen atoms in total. The van der Waals surface area contributed by atoms with Gasteiger partial charge in [0.15, 0.2) is 18.0 Å². The highest BCUT2D eigenvalue weighted by Gasteiger charge is 2.43. The van der Waals surface area contributed by atoms with Gasteiger partial charge in [0.25, 0.3) is 0 Å². The summed E-state index contributed by atoms with van der Waals surface area (Å²) in [5, 5.41) is 0.721. The van der Waals surface area contributed by atoms with Crippen molar-refractivity contribution in [2.45, 2.75) is 51.9 Å². The minimum absolute atomic E-state index is 0.0441. The third kappa shape index (κ3) is 4.72. The topological polar surface area (TPSA) is 141 Å². The quantitative estimate of drug-likeness (QED) is 0.496. The Kier molecular flexibility index (Phi) is 6.78. The van der Waals surface area contributed by atoms with Crippen LogP contribution in [0.4, 0.5) is 5.95 Å². The van der Waals surface area contributed by atoms with Crippen LogP contribution >= 0.6 is 23.2 Å². The molecule has 0 bridgehead atoms. The van der Waals surface area contributed by atoms with E-state index in [0.29, 0.717) is 21.1 Å². The van der Waals surface area contributed by atoms with E-state index in [2.05, 4.69) is 9.97 Å². The van der Waals surface area contributed by atoms with E-state index in [4.69, 9.17) is 43.1 Å². The maximum Gasteiger partial charge on any atom is 0.332 e. The molecule has 1 aliphatic rings. The molecule has 34 heavy (non-hydrogen) atoms. The largest absolute Gasteiger partial charge is 0.457 e. The normalized spacial score (nSPS) is 19.9. The summed E-state index contributed by atoms with van der Waals surface area (Å²) in [6, 6.07) is 5.00. The maximum atomic E-state index is 13.6. The monoisotopic (exact) mass is 509 g/mol. The number of nitrogens with two attached hydrogens (primary N) is 1. The first-order valence-electron chi connectivity index (χ1n) is 10.4. The number of carbonyl (C=O) groups is 2. The van der Waals surface area contributed by atoms with Crippen LogP contribution in [-0.2, 0) is 30.3 Å². The van der Waals surface area contributed by atoms with Gasteiger partial charge in [-0.15, -0.1) is 0 Å². The van der Waals surface area contributed by atoms with Crippen molar-refractivity contribution in [1.82, 2.24) is 19.1 Å². The standard InChI is InChI=1S/C21H21Cl2N5O6/c1-3-16(30)33-17-7-15(32-10(2)29)19(34-17)28-18-14(8-25-20(24)26-18)27(21(28)31)9-11-4-5-12(22)13(23)6-11/h4-6,8,15,17,19H,3,7,9H2,1-2H3,(H2,24,25,26)/t15-,17-,19-/m1/s1. The molecule has 1 aliphatic heterocycles. The molecule has 2 N–H and O–H groups in total. The molecule has 0 amide bonds. The number of hydrogen-bond donors (Lipinski definition) is 1. The van der Waals surface area contributed by atoms with E-state index >= 15 is 0 Å². The number of carbonyl (C=O) groups excluding carboxylic acids is 2. The number of rotatable bonds is 6. The van der Waals surface area contributed by atoms with Crippen LogP contribution in [0.15, 0.2) is 29.2 Å². The van der Waals surface area contributed by atoms with E-state index in [1.807, 2.05) is 0 Å². The second kappa shape index (κ2) is 9.61. The molecule has 3 heterocycles. The minimum atomic E-state index is -1.11. The Morgan fingerprint density at radius 2 is 2.03 bits per heavy atom. The molecule has 1 fully saturated rings. The number of nitrogens with zero attached hydrogens (tertiary/aromatic N) is 4. The van der Waals surface area contributed by atoms with Gasteiger partial charge in [-0.25, -0.2) is 14.3 Å². The fraction of sp³-hybridized carbons (Fsp3) is 0.381. The van der Waals surface area contributed by atoms with Gasteiger partial charge in [-0.3, -0.25) is 14.2 Å². The fourth-order valence-electron chi connectivity index (χ4n) is 3.73. The Morgan fingerprint density at radius 1 is 1.26 bits per heavy atom. The lowest BCUT2D eigenvalue weighted by molar-refractivity contribution is -0.183. The van der Waals surface area contributed by atoms with E-state index in [-0.39, 0.29) is 31.0 Å². The lowest BCUT2D eigenvalue weighted by Gasteiger charge is -2.19. The number of halogens is 2. The molecular formula is C21H21Cl2N5O6. The number of nitrogen functional groups attached to an aromatic ring is 1. The minimum Gasteiger partial charge on any atom is -0.457 e. The molecule has 0 saturated carbocycles. The predicted octanol–water partition coefficient (Wildman–Crippen LogP) is 2.66. The highest BCUT2D eigenvalue weighted by Crippen LogP contribution is 2.33. The predicted molar refractivity (Wildman–Crippen MR) is 122 cm³/mol. The molecule has 0 spiro atoms. The van der Waals surface area contributed by atoms with Gasteiger partial charge in [-0.05, 0) is 17.7 Å². The summed E-state index contributed by atoms with van der Waals surface area (Å²) in [6.45, 7) is 2.99. The van der Waals surface area contributed by atoms with Crippen LogP contribution in [-0.4, -0.2) is 43.4 Å². The third-order valence-electron chi connectivity index (χ3n) is 5.21. The number of ether oxygens (including phenoxy) is 3. The second-order valence-electron chi connectivity index (χ2n) is 7.61. The Hall–Kier alpha value is -3.15. The highest BCUT2D eigenvalue weighted by molar-refractivity contribution is 6.42. The van der Waals surface area contributed by atoms with Gasteiger partial charge in [0.2, 0.25) is 12.2 Å². The zero-order chi connectivity index (χ0) is 24.6. The number of anilines is 1. The van der Waals surface area contributed by atoms with Crippen molar-refractivity contribution in [3.63, 3.8) is 0 Å². The van der Waals surface area contributed by atoms with Crippen LogP contribution in [0.3, 0.4) is 0 Å². The van der Waals surface area contributed by atoms with Crippen molar-refractivity contribution in [2.75, 3.05) is 5.73 Å². The molecule has 4 rings (SSSR count). The van der Waals surface area contributed by atoms with Gasteiger partial charge < -0.3 is 19.9 Å². The van der Waals surface area contributed by atoms with Gasteiger partial charge in [0, 0.05) is 13.3 Å². The molecule has 3 atom stereocenters. The average molecular weight is 510 g/mol. The number of benzene rings is 1. The molecular weight excluding hydrogens is 489 g/mol. The summed E-state index contributed by atoms with van der Waals surface area (Å²) in [5.41, 5.74) is 6.50. The van der Waals surface area contributed by atoms with Crippen LogP contribution in [0.1, 0.15) is 38.5 Å². The van der Waals surface area contributed by atoms with Crippen LogP contribution in [0.2, 0.25) is 10.0 Å². The summed E-state index contributed by atoms with van der Waals surface area (Å²) in [4.78, 5) is 45.3. The molecule has 3 aromatic rings. The summed E-state index contributed by atoms with van der Waals surface area (Å²) in [5.74, 6) is -1.14. The third-order valence-corrected chi connectivity index (χ3v) is 5.95. The number of hydrogen-bond acceptors (Lipinski definition) is 9. The Balaban J connectivity index is 1.80. The summed E-state index contributed by atoms with van der Waals surface area (Å²) < 4.78 is 19.1. The first-order valence-corrected chi connectivity index (χ1v) is 11.1. The van der Waals surface area contributed by atoms with Crippen molar-refractivity contribution < 1.29 is 23.8 Å². The average Bonchev–Trinajstić information content (AvgIpc) is 3.27.